The van der Waals surface area contributed by atoms with Crippen LogP contribution in [0.1, 0.15) is 19.5 Å². The fourth-order valence-electron chi connectivity index (χ4n) is 2.31. The van der Waals surface area contributed by atoms with Crippen molar-refractivity contribution in [3.05, 3.63) is 36.0 Å². The number of halogens is 3. The molecule has 0 saturated carbocycles. The first-order valence-corrected chi connectivity index (χ1v) is 10.1. The number of aryl methyl sites for hydroxylation is 1. The molecular formula is C18H19F3N2O4S2. The average molecular weight is 448 g/mol. The number of thiocarbonyl (C=S) groups is 1. The van der Waals surface area contributed by atoms with E-state index in [0.717, 1.165) is 23.0 Å². The minimum atomic E-state index is -6.09. The first-order chi connectivity index (χ1) is 13.4. The quantitative estimate of drug-likeness (QED) is 0.255. The molecule has 11 heteroatoms. The molecule has 0 fully saturated rings. The number of benzene rings is 1. The molecule has 1 aromatic carbocycles. The van der Waals surface area contributed by atoms with Crippen LogP contribution in [-0.2, 0) is 27.8 Å². The number of fused-ring (bicyclic) bond motifs is 1. The molecule has 0 aliphatic rings. The minimum Gasteiger partial charge on any atom is -0.741 e. The molecular weight excluding hydrogens is 429 g/mol. The minimum absolute atomic E-state index is 0.388. The largest absolute Gasteiger partial charge is 0.741 e. The van der Waals surface area contributed by atoms with Crippen molar-refractivity contribution in [2.75, 3.05) is 11.9 Å². The summed E-state index contributed by atoms with van der Waals surface area (Å²) in [5.41, 5.74) is -2.38. The summed E-state index contributed by atoms with van der Waals surface area (Å²) in [4.78, 5) is 0. The van der Waals surface area contributed by atoms with Gasteiger partial charge in [-0.1, -0.05) is 6.92 Å². The average Bonchev–Trinajstić information content (AvgIpc) is 2.61. The third kappa shape index (κ3) is 7.16. The van der Waals surface area contributed by atoms with Crippen LogP contribution >= 0.6 is 12.2 Å². The smallest absolute Gasteiger partial charge is 0.485 e. The lowest BCUT2D eigenvalue weighted by Gasteiger charge is -2.09. The molecule has 158 valence electrons. The Morgan fingerprint density at radius 3 is 2.41 bits per heavy atom. The second-order valence-electron chi connectivity index (χ2n) is 5.49. The maximum absolute atomic E-state index is 10.7. The zero-order chi connectivity index (χ0) is 22.2. The number of rotatable bonds is 4. The van der Waals surface area contributed by atoms with Crippen LogP contribution in [0.2, 0.25) is 0 Å². The molecule has 1 aromatic heterocycles. The lowest BCUT2D eigenvalue weighted by Crippen LogP contribution is -2.38. The van der Waals surface area contributed by atoms with Crippen LogP contribution in [0.3, 0.4) is 0 Å². The maximum atomic E-state index is 10.7. The normalized spacial score (nSPS) is 11.2. The number of nitrogens with zero attached hydrogens (tertiary/aromatic N) is 1. The summed E-state index contributed by atoms with van der Waals surface area (Å²) in [5.74, 6) is 2.72. The highest BCUT2D eigenvalue weighted by molar-refractivity contribution is 7.86. The Hall–Kier alpha value is -2.42. The number of ether oxygens (including phenoxy) is 1. The predicted molar refractivity (Wildman–Crippen MR) is 106 cm³/mol. The van der Waals surface area contributed by atoms with E-state index in [9.17, 15) is 13.2 Å². The second-order valence-corrected chi connectivity index (χ2v) is 7.23. The summed E-state index contributed by atoms with van der Waals surface area (Å²) in [5, 5.41) is 4.58. The Balaban J connectivity index is 0.000000447. The van der Waals surface area contributed by atoms with E-state index in [2.05, 4.69) is 40.9 Å². The first kappa shape index (κ1) is 24.6. The van der Waals surface area contributed by atoms with Gasteiger partial charge in [-0.2, -0.15) is 17.7 Å². The number of anilines is 1. The highest BCUT2D eigenvalue weighted by Gasteiger charge is 2.36. The summed E-state index contributed by atoms with van der Waals surface area (Å²) in [6, 6.07) is 10.3. The Labute approximate surface area is 172 Å². The molecule has 0 atom stereocenters. The SMILES string of the molecule is C#CC[n+]1c(CC)ccc2cc(NC(=S)OCC)ccc21.O=S(=O)([O-])C(F)(F)F. The van der Waals surface area contributed by atoms with E-state index in [0.29, 0.717) is 18.3 Å². The molecule has 0 radical (unpaired) electrons. The van der Waals surface area contributed by atoms with Crippen molar-refractivity contribution in [1.29, 1.82) is 0 Å². The molecule has 2 aromatic rings. The molecule has 0 saturated heterocycles. The molecule has 1 N–H and O–H groups in total. The van der Waals surface area contributed by atoms with Gasteiger partial charge in [0.15, 0.2) is 15.8 Å². The van der Waals surface area contributed by atoms with Crippen LogP contribution < -0.4 is 9.88 Å². The molecule has 0 spiro atoms. The van der Waals surface area contributed by atoms with E-state index in [1.54, 1.807) is 0 Å². The summed E-state index contributed by atoms with van der Waals surface area (Å²) in [7, 11) is -6.09. The predicted octanol–water partition coefficient (Wildman–Crippen LogP) is 3.11. The van der Waals surface area contributed by atoms with Gasteiger partial charge in [0.1, 0.15) is 0 Å². The number of alkyl halides is 3. The summed E-state index contributed by atoms with van der Waals surface area (Å²) >= 11 is 5.10. The van der Waals surface area contributed by atoms with Crippen molar-refractivity contribution in [2.24, 2.45) is 0 Å². The summed E-state index contributed by atoms with van der Waals surface area (Å²) < 4.78 is 66.3. The monoisotopic (exact) mass is 448 g/mol. The molecule has 0 aliphatic carbocycles. The molecule has 0 aliphatic heterocycles. The van der Waals surface area contributed by atoms with E-state index in [-0.39, 0.29) is 0 Å². The number of hydrogen-bond donors (Lipinski definition) is 1. The van der Waals surface area contributed by atoms with Gasteiger partial charge in [-0.3, -0.25) is 0 Å². The van der Waals surface area contributed by atoms with Gasteiger partial charge in [-0.05, 0) is 43.3 Å². The zero-order valence-electron chi connectivity index (χ0n) is 15.6. The first-order valence-electron chi connectivity index (χ1n) is 8.29. The summed E-state index contributed by atoms with van der Waals surface area (Å²) in [6.07, 6.45) is 6.44. The lowest BCUT2D eigenvalue weighted by atomic mass is 10.1. The Kier molecular flexibility index (Phi) is 8.81. The topological polar surface area (TPSA) is 82.3 Å². The van der Waals surface area contributed by atoms with Crippen LogP contribution in [0, 0.1) is 12.3 Å². The van der Waals surface area contributed by atoms with Gasteiger partial charge in [-0.15, -0.1) is 6.42 Å². The van der Waals surface area contributed by atoms with Gasteiger partial charge in [0.25, 0.3) is 5.17 Å². The number of nitrogens with one attached hydrogen (secondary N) is 1. The van der Waals surface area contributed by atoms with Crippen molar-refractivity contribution in [2.45, 2.75) is 32.3 Å². The van der Waals surface area contributed by atoms with E-state index in [1.807, 2.05) is 19.1 Å². The van der Waals surface area contributed by atoms with Gasteiger partial charge in [0.05, 0.1) is 6.61 Å². The standard InChI is InChI=1S/C17H18N2OS.CHF3O3S/c1-4-11-19-15(5-2)9-7-13-12-14(8-10-16(13)19)18-17(21)20-6-3;2-1(3,4)8(5,6)7/h1,7-10,12H,5-6,11H2,2-3H3;(H,5,6,7). The lowest BCUT2D eigenvalue weighted by molar-refractivity contribution is -0.666. The Bertz CT molecular complexity index is 1020. The van der Waals surface area contributed by atoms with Gasteiger partial charge in [0.2, 0.25) is 12.1 Å². The number of aromatic nitrogens is 1. The van der Waals surface area contributed by atoms with Gasteiger partial charge >= 0.3 is 5.51 Å². The molecule has 0 unspecified atom stereocenters. The molecule has 29 heavy (non-hydrogen) atoms. The highest BCUT2D eigenvalue weighted by Crippen LogP contribution is 2.20. The van der Waals surface area contributed by atoms with E-state index >= 15 is 0 Å². The zero-order valence-corrected chi connectivity index (χ0v) is 17.2. The highest BCUT2D eigenvalue weighted by atomic mass is 32.2. The molecule has 1 heterocycles. The van der Waals surface area contributed by atoms with Crippen LogP contribution in [0.5, 0.6) is 0 Å². The van der Waals surface area contributed by atoms with Crippen molar-refractivity contribution < 1.29 is 35.4 Å². The molecule has 6 nitrogen and oxygen atoms in total. The van der Waals surface area contributed by atoms with Crippen molar-refractivity contribution in [3.63, 3.8) is 0 Å². The third-order valence-corrected chi connectivity index (χ3v) is 4.32. The Morgan fingerprint density at radius 1 is 1.31 bits per heavy atom. The fourth-order valence-corrected chi connectivity index (χ4v) is 2.55. The van der Waals surface area contributed by atoms with Crippen molar-refractivity contribution >= 4 is 44.1 Å². The number of hydrogen-bond acceptors (Lipinski definition) is 5. The molecule has 2 rings (SSSR count). The van der Waals surface area contributed by atoms with Crippen LogP contribution in [0.15, 0.2) is 30.3 Å². The van der Waals surface area contributed by atoms with Crippen molar-refractivity contribution in [3.8, 4) is 12.3 Å². The number of terminal acetylenes is 1. The van der Waals surface area contributed by atoms with E-state index in [4.69, 9.17) is 36.3 Å². The number of pyridine rings is 1. The van der Waals surface area contributed by atoms with Crippen LogP contribution in [-0.4, -0.2) is 30.3 Å². The maximum Gasteiger partial charge on any atom is 0.485 e. The molecule has 0 bridgehead atoms. The van der Waals surface area contributed by atoms with Crippen LogP contribution in [0.25, 0.3) is 10.9 Å². The van der Waals surface area contributed by atoms with Gasteiger partial charge in [0, 0.05) is 29.6 Å². The third-order valence-electron chi connectivity index (χ3n) is 3.54. The van der Waals surface area contributed by atoms with Gasteiger partial charge < -0.3 is 14.6 Å². The second kappa shape index (κ2) is 10.4. The Morgan fingerprint density at radius 2 is 1.93 bits per heavy atom. The summed E-state index contributed by atoms with van der Waals surface area (Å²) in [6.45, 7) is 5.17. The van der Waals surface area contributed by atoms with Gasteiger partial charge in [-0.25, -0.2) is 8.42 Å². The van der Waals surface area contributed by atoms with Crippen molar-refractivity contribution in [1.82, 2.24) is 0 Å². The van der Waals surface area contributed by atoms with Crippen LogP contribution in [0.4, 0.5) is 18.9 Å². The van der Waals surface area contributed by atoms with E-state index < -0.39 is 15.6 Å². The molecule has 0 amide bonds. The van der Waals surface area contributed by atoms with E-state index in [1.165, 1.54) is 5.69 Å². The fraction of sp³-hybridized carbons (Fsp3) is 0.333.